The molecule has 2 aromatic carbocycles. The zero-order valence-electron chi connectivity index (χ0n) is 18.1. The van der Waals surface area contributed by atoms with Crippen molar-refractivity contribution in [2.75, 3.05) is 0 Å². The van der Waals surface area contributed by atoms with Crippen LogP contribution < -0.4 is 5.32 Å². The van der Waals surface area contributed by atoms with Crippen molar-refractivity contribution in [3.63, 3.8) is 0 Å². The quantitative estimate of drug-likeness (QED) is 0.301. The summed E-state index contributed by atoms with van der Waals surface area (Å²) in [5, 5.41) is 14.5. The summed E-state index contributed by atoms with van der Waals surface area (Å²) in [7, 11) is 0. The zero-order chi connectivity index (χ0) is 23.0. The van der Waals surface area contributed by atoms with Gasteiger partial charge in [-0.25, -0.2) is 4.99 Å². The summed E-state index contributed by atoms with van der Waals surface area (Å²) in [6.07, 6.45) is 1.67. The Labute approximate surface area is 189 Å². The third kappa shape index (κ3) is 4.36. The lowest BCUT2D eigenvalue weighted by Crippen LogP contribution is -2.19. The molecule has 1 N–H and O–H groups in total. The molecule has 0 radical (unpaired) electrons. The number of thioether (sulfide) groups is 1. The second-order valence-corrected chi connectivity index (χ2v) is 8.72. The van der Waals surface area contributed by atoms with Crippen LogP contribution in [0, 0.1) is 37.8 Å². The van der Waals surface area contributed by atoms with Crippen molar-refractivity contribution in [3.05, 3.63) is 85.5 Å². The van der Waals surface area contributed by atoms with Crippen molar-refractivity contribution in [1.29, 1.82) is 0 Å². The third-order valence-electron chi connectivity index (χ3n) is 5.13. The first-order valence-electron chi connectivity index (χ1n) is 9.94. The van der Waals surface area contributed by atoms with E-state index in [0.717, 1.165) is 27.9 Å². The molecular weight excluding hydrogens is 426 g/mol. The van der Waals surface area contributed by atoms with Gasteiger partial charge in [-0.15, -0.1) is 0 Å². The van der Waals surface area contributed by atoms with Crippen molar-refractivity contribution in [3.8, 4) is 11.3 Å². The molecule has 8 heteroatoms. The maximum atomic E-state index is 12.4. The van der Waals surface area contributed by atoms with E-state index in [2.05, 4.69) is 10.3 Å². The highest BCUT2D eigenvalue weighted by Crippen LogP contribution is 2.33. The number of nitro benzene ring substituents is 1. The van der Waals surface area contributed by atoms with Crippen LogP contribution in [0.1, 0.15) is 28.0 Å². The summed E-state index contributed by atoms with van der Waals surface area (Å²) < 4.78 is 5.92. The monoisotopic (exact) mass is 447 g/mol. The zero-order valence-corrected chi connectivity index (χ0v) is 18.9. The van der Waals surface area contributed by atoms with Crippen molar-refractivity contribution in [2.45, 2.75) is 27.7 Å². The van der Waals surface area contributed by atoms with Gasteiger partial charge in [0.1, 0.15) is 11.5 Å². The van der Waals surface area contributed by atoms with Gasteiger partial charge in [-0.2, -0.15) is 0 Å². The number of aliphatic imine (C=N–C) groups is 1. The molecule has 1 saturated heterocycles. The normalized spacial score (nSPS) is 16.1. The number of benzene rings is 2. The predicted octanol–water partition coefficient (Wildman–Crippen LogP) is 5.98. The number of rotatable bonds is 4. The molecule has 3 aromatic rings. The van der Waals surface area contributed by atoms with E-state index in [4.69, 9.17) is 4.42 Å². The molecule has 32 heavy (non-hydrogen) atoms. The highest BCUT2D eigenvalue weighted by atomic mass is 32.2. The Bertz CT molecular complexity index is 1320. The second-order valence-electron chi connectivity index (χ2n) is 7.68. The Hall–Kier alpha value is -3.65. The van der Waals surface area contributed by atoms with Crippen LogP contribution in [0.5, 0.6) is 0 Å². The van der Waals surface area contributed by atoms with Gasteiger partial charge in [0.05, 0.1) is 15.5 Å². The maximum absolute atomic E-state index is 12.4. The molecule has 0 unspecified atom stereocenters. The Morgan fingerprint density at radius 3 is 2.53 bits per heavy atom. The number of amides is 1. The van der Waals surface area contributed by atoms with Crippen LogP contribution in [-0.4, -0.2) is 16.0 Å². The molecule has 4 rings (SSSR count). The molecule has 162 valence electrons. The molecule has 2 heterocycles. The summed E-state index contributed by atoms with van der Waals surface area (Å²) >= 11 is 1.25. The van der Waals surface area contributed by atoms with Gasteiger partial charge in [-0.1, -0.05) is 17.7 Å². The molecule has 1 amide bonds. The predicted molar refractivity (Wildman–Crippen MR) is 127 cm³/mol. The van der Waals surface area contributed by atoms with Crippen LogP contribution in [0.15, 0.2) is 56.8 Å². The van der Waals surface area contributed by atoms with Crippen molar-refractivity contribution in [2.24, 2.45) is 4.99 Å². The van der Waals surface area contributed by atoms with E-state index >= 15 is 0 Å². The number of hydrogen-bond acceptors (Lipinski definition) is 6. The number of nitro groups is 1. The molecule has 1 aliphatic heterocycles. The minimum absolute atomic E-state index is 0.0785. The first kappa shape index (κ1) is 21.6. The van der Waals surface area contributed by atoms with E-state index < -0.39 is 4.92 Å². The van der Waals surface area contributed by atoms with Gasteiger partial charge < -0.3 is 9.73 Å². The van der Waals surface area contributed by atoms with Crippen LogP contribution in [0.25, 0.3) is 17.4 Å². The highest BCUT2D eigenvalue weighted by Gasteiger charge is 2.25. The Balaban J connectivity index is 1.58. The summed E-state index contributed by atoms with van der Waals surface area (Å²) in [4.78, 5) is 28.2. The summed E-state index contributed by atoms with van der Waals surface area (Å²) in [5.41, 5.74) is 5.16. The van der Waals surface area contributed by atoms with Crippen LogP contribution >= 0.6 is 11.8 Å². The van der Waals surface area contributed by atoms with E-state index in [0.29, 0.717) is 27.2 Å². The number of aryl methyl sites for hydroxylation is 4. The van der Waals surface area contributed by atoms with Crippen molar-refractivity contribution < 1.29 is 14.1 Å². The average Bonchev–Trinajstić information content (AvgIpc) is 3.32. The van der Waals surface area contributed by atoms with Gasteiger partial charge in [-0.3, -0.25) is 14.9 Å². The van der Waals surface area contributed by atoms with Crippen LogP contribution in [0.4, 0.5) is 11.4 Å². The highest BCUT2D eigenvalue weighted by molar-refractivity contribution is 8.18. The van der Waals surface area contributed by atoms with E-state index in [1.165, 1.54) is 11.8 Å². The number of carbonyl (C=O) groups is 1. The fourth-order valence-corrected chi connectivity index (χ4v) is 4.30. The van der Waals surface area contributed by atoms with Gasteiger partial charge >= 0.3 is 0 Å². The first-order chi connectivity index (χ1) is 15.2. The molecule has 0 atom stereocenters. The minimum Gasteiger partial charge on any atom is -0.457 e. The van der Waals surface area contributed by atoms with Crippen LogP contribution in [0.3, 0.4) is 0 Å². The molecular formula is C24H21N3O4S. The Morgan fingerprint density at radius 1 is 1.03 bits per heavy atom. The molecule has 7 nitrogen and oxygen atoms in total. The number of furan rings is 1. The van der Waals surface area contributed by atoms with Gasteiger partial charge in [0.15, 0.2) is 5.17 Å². The number of nitrogens with zero attached hydrogens (tertiary/aromatic N) is 2. The fourth-order valence-electron chi connectivity index (χ4n) is 3.49. The minimum atomic E-state index is -0.392. The lowest BCUT2D eigenvalue weighted by atomic mass is 10.0. The molecule has 1 aliphatic rings. The van der Waals surface area contributed by atoms with E-state index in [1.807, 2.05) is 32.0 Å². The molecule has 1 aromatic heterocycles. The van der Waals surface area contributed by atoms with Crippen molar-refractivity contribution >= 4 is 40.3 Å². The summed E-state index contributed by atoms with van der Waals surface area (Å²) in [6, 6.07) is 12.8. The number of nitrogens with one attached hydrogen (secondary N) is 1. The van der Waals surface area contributed by atoms with E-state index in [9.17, 15) is 14.9 Å². The fraction of sp³-hybridized carbons (Fsp3) is 0.167. The van der Waals surface area contributed by atoms with Crippen LogP contribution in [0.2, 0.25) is 0 Å². The van der Waals surface area contributed by atoms with Gasteiger partial charge in [0.25, 0.3) is 11.6 Å². The molecule has 0 bridgehead atoms. The SMILES string of the molecule is Cc1ccc(N=C2NC(=O)/C(=C/c3ccc(-c4cc(C)c([N+](=O)[O-])cc4C)o3)S2)c(C)c1. The van der Waals surface area contributed by atoms with Gasteiger partial charge in [-0.05, 0) is 74.8 Å². The third-order valence-corrected chi connectivity index (χ3v) is 6.04. The largest absolute Gasteiger partial charge is 0.457 e. The molecule has 0 saturated carbocycles. The first-order valence-corrected chi connectivity index (χ1v) is 10.8. The smallest absolute Gasteiger partial charge is 0.272 e. The van der Waals surface area contributed by atoms with E-state index in [1.54, 1.807) is 44.2 Å². The molecule has 1 fully saturated rings. The van der Waals surface area contributed by atoms with Crippen molar-refractivity contribution in [1.82, 2.24) is 5.32 Å². The Morgan fingerprint density at radius 2 is 1.81 bits per heavy atom. The number of hydrogen-bond donors (Lipinski definition) is 1. The average molecular weight is 448 g/mol. The van der Waals surface area contributed by atoms with Gasteiger partial charge in [0.2, 0.25) is 0 Å². The summed E-state index contributed by atoms with van der Waals surface area (Å²) in [5.74, 6) is 0.861. The number of carbonyl (C=O) groups excluding carboxylic acids is 1. The lowest BCUT2D eigenvalue weighted by molar-refractivity contribution is -0.385. The van der Waals surface area contributed by atoms with E-state index in [-0.39, 0.29) is 11.6 Å². The lowest BCUT2D eigenvalue weighted by Gasteiger charge is -2.05. The van der Waals surface area contributed by atoms with Crippen LogP contribution in [-0.2, 0) is 4.79 Å². The molecule has 0 spiro atoms. The topological polar surface area (TPSA) is 97.7 Å². The molecule has 0 aliphatic carbocycles. The van der Waals surface area contributed by atoms with Gasteiger partial charge in [0, 0.05) is 23.3 Å². The maximum Gasteiger partial charge on any atom is 0.272 e. The Kier molecular flexibility index (Phi) is 5.71. The standard InChI is InChI=1S/C24H21N3O4S/c1-13-5-7-19(15(3)9-13)25-24-26-23(28)22(32-24)12-17-6-8-21(31-17)18-10-16(4)20(27(29)30)11-14(18)2/h5-12H,1-4H3,(H,25,26,28)/b22-12-. The summed E-state index contributed by atoms with van der Waals surface area (Å²) in [6.45, 7) is 7.51. The number of amidine groups is 1. The second kappa shape index (κ2) is 8.47.